The molecular formula is C21H26N4O2. The highest BCUT2D eigenvalue weighted by Gasteiger charge is 2.31. The van der Waals surface area contributed by atoms with Crippen molar-refractivity contribution in [1.29, 1.82) is 0 Å². The average molecular weight is 366 g/mol. The number of carbonyl (C=O) groups excluding carboxylic acids is 1. The Morgan fingerprint density at radius 2 is 1.96 bits per heavy atom. The molecule has 6 nitrogen and oxygen atoms in total. The predicted molar refractivity (Wildman–Crippen MR) is 106 cm³/mol. The summed E-state index contributed by atoms with van der Waals surface area (Å²) in [6.07, 6.45) is 5.34. The molecule has 1 aliphatic carbocycles. The maximum atomic E-state index is 13.2. The summed E-state index contributed by atoms with van der Waals surface area (Å²) < 4.78 is 5.40. The normalized spacial score (nSPS) is 18.0. The molecule has 142 valence electrons. The standard InChI is InChI=1S/C21H26N4O2/c1-27-19-8-3-2-7-18(19)23-20-17(6-4-11-22-20)21(26)25-13-5-12-24(14-15-25)16-9-10-16/h2-4,6-8,11,16H,5,9-10,12-15H2,1H3,(H,22,23). The van der Waals surface area contributed by atoms with Gasteiger partial charge in [0, 0.05) is 38.4 Å². The number of rotatable bonds is 5. The fraction of sp³-hybridized carbons (Fsp3) is 0.429. The first-order valence-corrected chi connectivity index (χ1v) is 9.64. The van der Waals surface area contributed by atoms with E-state index >= 15 is 0 Å². The minimum Gasteiger partial charge on any atom is -0.495 e. The lowest BCUT2D eigenvalue weighted by Crippen LogP contribution is -2.36. The van der Waals surface area contributed by atoms with Crippen LogP contribution in [0.25, 0.3) is 0 Å². The summed E-state index contributed by atoms with van der Waals surface area (Å²) in [5, 5.41) is 3.27. The Morgan fingerprint density at radius 1 is 1.11 bits per heavy atom. The summed E-state index contributed by atoms with van der Waals surface area (Å²) in [7, 11) is 1.63. The lowest BCUT2D eigenvalue weighted by molar-refractivity contribution is 0.0761. The summed E-state index contributed by atoms with van der Waals surface area (Å²) in [6.45, 7) is 3.63. The molecule has 2 aliphatic rings. The second kappa shape index (κ2) is 7.96. The number of carbonyl (C=O) groups is 1. The van der Waals surface area contributed by atoms with Gasteiger partial charge in [0.05, 0.1) is 18.4 Å². The second-order valence-electron chi connectivity index (χ2n) is 7.14. The van der Waals surface area contributed by atoms with Crippen LogP contribution in [0.3, 0.4) is 0 Å². The van der Waals surface area contributed by atoms with Crippen LogP contribution in [0.5, 0.6) is 5.75 Å². The van der Waals surface area contributed by atoms with Gasteiger partial charge in [-0.05, 0) is 43.5 Å². The van der Waals surface area contributed by atoms with Crippen molar-refractivity contribution < 1.29 is 9.53 Å². The van der Waals surface area contributed by atoms with E-state index in [1.165, 1.54) is 12.8 Å². The van der Waals surface area contributed by atoms with Crippen LogP contribution in [0.1, 0.15) is 29.6 Å². The molecular weight excluding hydrogens is 340 g/mol. The van der Waals surface area contributed by atoms with Gasteiger partial charge in [-0.2, -0.15) is 0 Å². The molecule has 1 aromatic carbocycles. The van der Waals surface area contributed by atoms with Crippen LogP contribution >= 0.6 is 0 Å². The Morgan fingerprint density at radius 3 is 2.78 bits per heavy atom. The molecule has 0 unspecified atom stereocenters. The molecule has 27 heavy (non-hydrogen) atoms. The number of hydrogen-bond donors (Lipinski definition) is 1. The quantitative estimate of drug-likeness (QED) is 0.881. The van der Waals surface area contributed by atoms with Crippen molar-refractivity contribution in [3.05, 3.63) is 48.2 Å². The number of amides is 1. The molecule has 1 aromatic heterocycles. The number of para-hydroxylation sites is 2. The molecule has 1 N–H and O–H groups in total. The first-order chi connectivity index (χ1) is 13.3. The van der Waals surface area contributed by atoms with Gasteiger partial charge in [-0.25, -0.2) is 4.98 Å². The fourth-order valence-corrected chi connectivity index (χ4v) is 3.67. The zero-order valence-corrected chi connectivity index (χ0v) is 15.7. The van der Waals surface area contributed by atoms with Crippen molar-refractivity contribution in [2.45, 2.75) is 25.3 Å². The summed E-state index contributed by atoms with van der Waals surface area (Å²) in [5.41, 5.74) is 1.40. The minimum atomic E-state index is 0.0399. The number of benzene rings is 1. The van der Waals surface area contributed by atoms with Gasteiger partial charge in [-0.1, -0.05) is 12.1 Å². The molecule has 2 fully saturated rings. The average Bonchev–Trinajstić information content (AvgIpc) is 3.55. The van der Waals surface area contributed by atoms with Gasteiger partial charge in [0.25, 0.3) is 5.91 Å². The van der Waals surface area contributed by atoms with Crippen LogP contribution in [0.2, 0.25) is 0 Å². The number of pyridine rings is 1. The van der Waals surface area contributed by atoms with Gasteiger partial charge in [-0.3, -0.25) is 9.69 Å². The van der Waals surface area contributed by atoms with E-state index in [-0.39, 0.29) is 5.91 Å². The zero-order chi connectivity index (χ0) is 18.6. The zero-order valence-electron chi connectivity index (χ0n) is 15.7. The van der Waals surface area contributed by atoms with E-state index in [1.807, 2.05) is 41.3 Å². The topological polar surface area (TPSA) is 57.7 Å². The van der Waals surface area contributed by atoms with E-state index in [9.17, 15) is 4.79 Å². The SMILES string of the molecule is COc1ccccc1Nc1ncccc1C(=O)N1CCCN(C2CC2)CC1. The smallest absolute Gasteiger partial charge is 0.257 e. The highest BCUT2D eigenvalue weighted by molar-refractivity contribution is 5.99. The van der Waals surface area contributed by atoms with Gasteiger partial charge in [0.15, 0.2) is 0 Å². The van der Waals surface area contributed by atoms with E-state index in [2.05, 4.69) is 15.2 Å². The molecule has 1 saturated heterocycles. The third-order valence-electron chi connectivity index (χ3n) is 5.28. The van der Waals surface area contributed by atoms with Crippen LogP contribution in [0, 0.1) is 0 Å². The maximum absolute atomic E-state index is 13.2. The Bertz CT molecular complexity index is 806. The first kappa shape index (κ1) is 17.8. The summed E-state index contributed by atoms with van der Waals surface area (Å²) in [6, 6.07) is 12.1. The molecule has 6 heteroatoms. The van der Waals surface area contributed by atoms with Crippen molar-refractivity contribution in [3.8, 4) is 5.75 Å². The van der Waals surface area contributed by atoms with Crippen LogP contribution in [0.15, 0.2) is 42.6 Å². The van der Waals surface area contributed by atoms with Crippen molar-refractivity contribution in [2.75, 3.05) is 38.6 Å². The number of aromatic nitrogens is 1. The molecule has 0 spiro atoms. The third kappa shape index (κ3) is 4.06. The Labute approximate surface area is 160 Å². The largest absolute Gasteiger partial charge is 0.495 e. The fourth-order valence-electron chi connectivity index (χ4n) is 3.67. The monoisotopic (exact) mass is 366 g/mol. The van der Waals surface area contributed by atoms with Crippen LogP contribution in [-0.2, 0) is 0 Å². The number of anilines is 2. The summed E-state index contributed by atoms with van der Waals surface area (Å²) in [5.74, 6) is 1.32. The highest BCUT2D eigenvalue weighted by Crippen LogP contribution is 2.29. The van der Waals surface area contributed by atoms with E-state index < -0.39 is 0 Å². The van der Waals surface area contributed by atoms with Crippen LogP contribution in [-0.4, -0.2) is 60.0 Å². The van der Waals surface area contributed by atoms with Gasteiger partial charge in [-0.15, -0.1) is 0 Å². The van der Waals surface area contributed by atoms with Gasteiger partial charge in [0.1, 0.15) is 11.6 Å². The van der Waals surface area contributed by atoms with Gasteiger partial charge < -0.3 is 15.0 Å². The van der Waals surface area contributed by atoms with E-state index in [4.69, 9.17) is 4.74 Å². The second-order valence-corrected chi connectivity index (χ2v) is 7.14. The molecule has 2 aromatic rings. The van der Waals surface area contributed by atoms with E-state index in [0.29, 0.717) is 11.4 Å². The molecule has 0 radical (unpaired) electrons. The Balaban J connectivity index is 1.52. The molecule has 0 bridgehead atoms. The molecule has 1 saturated carbocycles. The number of methoxy groups -OCH3 is 1. The Hall–Kier alpha value is -2.60. The summed E-state index contributed by atoms with van der Waals surface area (Å²) >= 11 is 0. The molecule has 0 atom stereocenters. The van der Waals surface area contributed by atoms with Crippen molar-refractivity contribution in [3.63, 3.8) is 0 Å². The summed E-state index contributed by atoms with van der Waals surface area (Å²) in [4.78, 5) is 22.1. The van der Waals surface area contributed by atoms with Gasteiger partial charge in [0.2, 0.25) is 0 Å². The molecule has 1 aliphatic heterocycles. The van der Waals surface area contributed by atoms with Crippen LogP contribution in [0.4, 0.5) is 11.5 Å². The van der Waals surface area contributed by atoms with Gasteiger partial charge >= 0.3 is 0 Å². The lowest BCUT2D eigenvalue weighted by atomic mass is 10.2. The Kier molecular flexibility index (Phi) is 5.25. The number of nitrogens with zero attached hydrogens (tertiary/aromatic N) is 3. The van der Waals surface area contributed by atoms with E-state index in [1.54, 1.807) is 13.3 Å². The predicted octanol–water partition coefficient (Wildman–Crippen LogP) is 3.14. The minimum absolute atomic E-state index is 0.0399. The maximum Gasteiger partial charge on any atom is 0.257 e. The number of hydrogen-bond acceptors (Lipinski definition) is 5. The highest BCUT2D eigenvalue weighted by atomic mass is 16.5. The third-order valence-corrected chi connectivity index (χ3v) is 5.28. The van der Waals surface area contributed by atoms with Crippen molar-refractivity contribution >= 4 is 17.4 Å². The van der Waals surface area contributed by atoms with Crippen molar-refractivity contribution in [2.24, 2.45) is 0 Å². The number of ether oxygens (including phenoxy) is 1. The van der Waals surface area contributed by atoms with Crippen molar-refractivity contribution in [1.82, 2.24) is 14.8 Å². The molecule has 1 amide bonds. The number of nitrogens with one attached hydrogen (secondary N) is 1. The lowest BCUT2D eigenvalue weighted by Gasteiger charge is -2.23. The first-order valence-electron chi connectivity index (χ1n) is 9.64. The molecule has 4 rings (SSSR count). The van der Waals surface area contributed by atoms with E-state index in [0.717, 1.165) is 50.1 Å². The van der Waals surface area contributed by atoms with Crippen LogP contribution < -0.4 is 10.1 Å². The molecule has 2 heterocycles.